The fourth-order valence-electron chi connectivity index (χ4n) is 3.21. The van der Waals surface area contributed by atoms with Crippen molar-refractivity contribution in [1.82, 2.24) is 15.3 Å². The van der Waals surface area contributed by atoms with Gasteiger partial charge in [-0.15, -0.1) is 0 Å². The second kappa shape index (κ2) is 9.81. The Balaban J connectivity index is 1.46. The van der Waals surface area contributed by atoms with Gasteiger partial charge in [0.1, 0.15) is 17.5 Å². The molecule has 156 valence electrons. The van der Waals surface area contributed by atoms with Gasteiger partial charge in [-0.2, -0.15) is 0 Å². The van der Waals surface area contributed by atoms with E-state index < -0.39 is 0 Å². The number of rotatable bonds is 8. The molecule has 1 fully saturated rings. The minimum atomic E-state index is -0.296. The van der Waals surface area contributed by atoms with E-state index >= 15 is 0 Å². The van der Waals surface area contributed by atoms with Crippen LogP contribution in [0.2, 0.25) is 0 Å². The SMILES string of the molecule is COc1ccc(NC(=O)NCCNc2cc(N3CCCC3)nc(C)n2)cc1OC. The fraction of sp³-hybridized carbons (Fsp3) is 0.450. The highest BCUT2D eigenvalue weighted by Crippen LogP contribution is 2.29. The van der Waals surface area contributed by atoms with Crippen LogP contribution in [0.5, 0.6) is 11.5 Å². The molecule has 0 atom stereocenters. The number of aromatic nitrogens is 2. The summed E-state index contributed by atoms with van der Waals surface area (Å²) in [7, 11) is 3.12. The molecule has 9 heteroatoms. The third kappa shape index (κ3) is 5.63. The van der Waals surface area contributed by atoms with E-state index in [4.69, 9.17) is 9.47 Å². The number of hydrogen-bond acceptors (Lipinski definition) is 7. The molecule has 1 aliphatic rings. The molecule has 0 unspecified atom stereocenters. The van der Waals surface area contributed by atoms with Crippen molar-refractivity contribution in [2.75, 3.05) is 55.9 Å². The Morgan fingerprint density at radius 1 is 1.07 bits per heavy atom. The molecule has 0 aliphatic carbocycles. The number of hydrogen-bond donors (Lipinski definition) is 3. The summed E-state index contributed by atoms with van der Waals surface area (Å²) in [6.45, 7) is 4.96. The molecular weight excluding hydrogens is 372 g/mol. The molecule has 9 nitrogen and oxygen atoms in total. The third-order valence-electron chi connectivity index (χ3n) is 4.61. The Hall–Kier alpha value is -3.23. The van der Waals surface area contributed by atoms with Crippen molar-refractivity contribution in [3.63, 3.8) is 0 Å². The molecule has 29 heavy (non-hydrogen) atoms. The van der Waals surface area contributed by atoms with Crippen molar-refractivity contribution in [3.8, 4) is 11.5 Å². The van der Waals surface area contributed by atoms with Gasteiger partial charge in [0, 0.05) is 44.0 Å². The van der Waals surface area contributed by atoms with E-state index in [1.165, 1.54) is 12.8 Å². The van der Waals surface area contributed by atoms with Crippen LogP contribution in [0.4, 0.5) is 22.1 Å². The van der Waals surface area contributed by atoms with Gasteiger partial charge in [0.15, 0.2) is 11.5 Å². The standard InChI is InChI=1S/C20H28N6O3/c1-14-23-18(13-19(24-14)26-10-4-5-11-26)21-8-9-22-20(27)25-15-6-7-16(28-2)17(12-15)29-3/h6-7,12-13H,4-5,8-11H2,1-3H3,(H,21,23,24)(H2,22,25,27). The second-order valence-corrected chi connectivity index (χ2v) is 6.73. The summed E-state index contributed by atoms with van der Waals surface area (Å²) in [6, 6.07) is 6.87. The van der Waals surface area contributed by atoms with E-state index in [0.29, 0.717) is 30.3 Å². The van der Waals surface area contributed by atoms with Gasteiger partial charge < -0.3 is 30.3 Å². The Labute approximate surface area is 170 Å². The van der Waals surface area contributed by atoms with Crippen LogP contribution in [-0.2, 0) is 0 Å². The highest BCUT2D eigenvalue weighted by atomic mass is 16.5. The van der Waals surface area contributed by atoms with E-state index in [1.807, 2.05) is 13.0 Å². The molecule has 0 bridgehead atoms. The monoisotopic (exact) mass is 400 g/mol. The number of amides is 2. The van der Waals surface area contributed by atoms with Gasteiger partial charge in [-0.1, -0.05) is 0 Å². The number of carbonyl (C=O) groups is 1. The highest BCUT2D eigenvalue weighted by molar-refractivity contribution is 5.89. The maximum absolute atomic E-state index is 12.1. The molecule has 0 spiro atoms. The van der Waals surface area contributed by atoms with E-state index in [0.717, 1.165) is 30.5 Å². The first kappa shape index (κ1) is 20.5. The molecule has 1 saturated heterocycles. The van der Waals surface area contributed by atoms with Crippen LogP contribution in [-0.4, -0.2) is 56.4 Å². The summed E-state index contributed by atoms with van der Waals surface area (Å²) in [5.41, 5.74) is 0.620. The Kier molecular flexibility index (Phi) is 6.94. The summed E-state index contributed by atoms with van der Waals surface area (Å²) in [5.74, 6) is 3.62. The smallest absolute Gasteiger partial charge is 0.319 e. The first-order chi connectivity index (χ1) is 14.1. The molecule has 0 radical (unpaired) electrons. The van der Waals surface area contributed by atoms with Crippen molar-refractivity contribution in [3.05, 3.63) is 30.1 Å². The van der Waals surface area contributed by atoms with Gasteiger partial charge in [-0.05, 0) is 31.9 Å². The van der Waals surface area contributed by atoms with Gasteiger partial charge in [0.25, 0.3) is 0 Å². The first-order valence-electron chi connectivity index (χ1n) is 9.70. The highest BCUT2D eigenvalue weighted by Gasteiger charge is 2.15. The lowest BCUT2D eigenvalue weighted by Gasteiger charge is -2.18. The molecule has 2 aromatic rings. The summed E-state index contributed by atoms with van der Waals surface area (Å²) in [4.78, 5) is 23.3. The second-order valence-electron chi connectivity index (χ2n) is 6.73. The fourth-order valence-corrected chi connectivity index (χ4v) is 3.21. The van der Waals surface area contributed by atoms with Crippen LogP contribution >= 0.6 is 0 Å². The molecule has 2 heterocycles. The predicted octanol–water partition coefficient (Wildman–Crippen LogP) is 2.64. The van der Waals surface area contributed by atoms with Crippen LogP contribution in [0, 0.1) is 6.92 Å². The van der Waals surface area contributed by atoms with Crippen LogP contribution in [0.1, 0.15) is 18.7 Å². The van der Waals surface area contributed by atoms with Gasteiger partial charge in [0.05, 0.1) is 14.2 Å². The van der Waals surface area contributed by atoms with E-state index in [9.17, 15) is 4.79 Å². The maximum Gasteiger partial charge on any atom is 0.319 e. The molecule has 0 saturated carbocycles. The molecule has 3 rings (SSSR count). The first-order valence-corrected chi connectivity index (χ1v) is 9.70. The number of nitrogens with zero attached hydrogens (tertiary/aromatic N) is 3. The number of ether oxygens (including phenoxy) is 2. The predicted molar refractivity (Wildman–Crippen MR) is 113 cm³/mol. The minimum absolute atomic E-state index is 0.296. The lowest BCUT2D eigenvalue weighted by molar-refractivity contribution is 0.252. The largest absolute Gasteiger partial charge is 0.493 e. The molecule has 1 aromatic carbocycles. The zero-order valence-electron chi connectivity index (χ0n) is 17.1. The van der Waals surface area contributed by atoms with Crippen molar-refractivity contribution in [2.24, 2.45) is 0 Å². The number of urea groups is 1. The summed E-state index contributed by atoms with van der Waals surface area (Å²) >= 11 is 0. The average molecular weight is 400 g/mol. The van der Waals surface area contributed by atoms with E-state index in [-0.39, 0.29) is 6.03 Å². The summed E-state index contributed by atoms with van der Waals surface area (Å²) in [6.07, 6.45) is 2.40. The van der Waals surface area contributed by atoms with Crippen molar-refractivity contribution in [2.45, 2.75) is 19.8 Å². The molecule has 1 aliphatic heterocycles. The lowest BCUT2D eigenvalue weighted by atomic mass is 10.3. The third-order valence-corrected chi connectivity index (χ3v) is 4.61. The quantitative estimate of drug-likeness (QED) is 0.586. The van der Waals surface area contributed by atoms with Gasteiger partial charge in [-0.25, -0.2) is 14.8 Å². The number of aryl methyl sites for hydroxylation is 1. The van der Waals surface area contributed by atoms with Crippen molar-refractivity contribution < 1.29 is 14.3 Å². The van der Waals surface area contributed by atoms with Crippen LogP contribution in [0.15, 0.2) is 24.3 Å². The zero-order chi connectivity index (χ0) is 20.6. The van der Waals surface area contributed by atoms with Crippen LogP contribution < -0.4 is 30.3 Å². The van der Waals surface area contributed by atoms with Gasteiger partial charge >= 0.3 is 6.03 Å². The van der Waals surface area contributed by atoms with Crippen LogP contribution in [0.3, 0.4) is 0 Å². The summed E-state index contributed by atoms with van der Waals surface area (Å²) < 4.78 is 10.4. The lowest BCUT2D eigenvalue weighted by Crippen LogP contribution is -2.32. The Morgan fingerprint density at radius 3 is 2.55 bits per heavy atom. The van der Waals surface area contributed by atoms with Gasteiger partial charge in [0.2, 0.25) is 0 Å². The van der Waals surface area contributed by atoms with Crippen molar-refractivity contribution >= 4 is 23.4 Å². The topological polar surface area (TPSA) is 101 Å². The number of anilines is 3. The van der Waals surface area contributed by atoms with E-state index in [2.05, 4.69) is 30.8 Å². The number of benzene rings is 1. The zero-order valence-corrected chi connectivity index (χ0v) is 17.1. The van der Waals surface area contributed by atoms with E-state index in [1.54, 1.807) is 32.4 Å². The Morgan fingerprint density at radius 2 is 1.83 bits per heavy atom. The number of carbonyl (C=O) groups excluding carboxylic acids is 1. The maximum atomic E-state index is 12.1. The normalized spacial score (nSPS) is 13.1. The molecule has 3 N–H and O–H groups in total. The molecule has 1 aromatic heterocycles. The Bertz CT molecular complexity index is 839. The molecular formula is C20H28N6O3. The van der Waals surface area contributed by atoms with Gasteiger partial charge in [-0.3, -0.25) is 0 Å². The number of methoxy groups -OCH3 is 2. The number of nitrogens with one attached hydrogen (secondary N) is 3. The molecule has 2 amide bonds. The summed E-state index contributed by atoms with van der Waals surface area (Å²) in [5, 5.41) is 8.83. The van der Waals surface area contributed by atoms with Crippen molar-refractivity contribution in [1.29, 1.82) is 0 Å². The van der Waals surface area contributed by atoms with Crippen LogP contribution in [0.25, 0.3) is 0 Å². The minimum Gasteiger partial charge on any atom is -0.493 e. The average Bonchev–Trinajstić information content (AvgIpc) is 3.26.